The first kappa shape index (κ1) is 37.2. The number of carboxylic acid groups (broad SMARTS) is 4. The fourth-order valence-electron chi connectivity index (χ4n) is 0.428. The molecule has 0 aromatic carbocycles. The van der Waals surface area contributed by atoms with E-state index < -0.39 is 23.9 Å². The molecule has 14 N–H and O–H groups in total. The largest absolute Gasteiger partial charge is 0.481 e. The van der Waals surface area contributed by atoms with Crippen LogP contribution >= 0.6 is 0 Å². The van der Waals surface area contributed by atoms with Gasteiger partial charge < -0.3 is 48.3 Å². The normalized spacial score (nSPS) is 7.22. The van der Waals surface area contributed by atoms with Crippen LogP contribution in [-0.4, -0.2) is 73.8 Å². The quantitative estimate of drug-likeness (QED) is 0.261. The summed E-state index contributed by atoms with van der Waals surface area (Å²) in [7, 11) is 0. The Bertz CT molecular complexity index is 251. The molecule has 0 saturated heterocycles. The third kappa shape index (κ3) is 81.6. The smallest absolute Gasteiger partial charge is 0.303 e. The highest BCUT2D eigenvalue weighted by atomic mass is 16.4. The minimum atomic E-state index is -1.08. The number of nitrogens with two attached hydrogens (primary N) is 2. The average Bonchev–Trinajstić information content (AvgIpc) is 2.35. The highest BCUT2D eigenvalue weighted by molar-refractivity contribution is 5.75. The monoisotopic (exact) mass is 350 g/mol. The predicted octanol–water partition coefficient (Wildman–Crippen LogP) is -3.70. The number of carboxylic acids is 4. The van der Waals surface area contributed by atoms with Gasteiger partial charge in [0.1, 0.15) is 0 Å². The first-order valence-electron chi connectivity index (χ1n) is 5.44. The molecule has 0 atom stereocenters. The number of hydrogen-bond acceptors (Lipinski definition) is 6. The van der Waals surface area contributed by atoms with Gasteiger partial charge in [0, 0.05) is 13.1 Å². The highest BCUT2D eigenvalue weighted by Gasteiger charge is 2.00. The first-order chi connectivity index (χ1) is 9.17. The minimum absolute atomic E-state index is 0. The van der Waals surface area contributed by atoms with Gasteiger partial charge in [-0.05, 0) is 0 Å². The van der Waals surface area contributed by atoms with Crippen LogP contribution in [0.1, 0.15) is 25.7 Å². The molecule has 23 heavy (non-hydrogen) atoms. The second-order valence-electron chi connectivity index (χ2n) is 3.15. The summed E-state index contributed by atoms with van der Waals surface area (Å²) in [5, 5.41) is 31.6. The van der Waals surface area contributed by atoms with Crippen LogP contribution in [0.5, 0.6) is 0 Å². The molecular formula is C10H26N2O11. The molecule has 0 saturated carbocycles. The van der Waals surface area contributed by atoms with Crippen LogP contribution < -0.4 is 11.5 Å². The fraction of sp³-hybridized carbons (Fsp3) is 0.600. The number of carbonyl (C=O) groups is 4. The van der Waals surface area contributed by atoms with E-state index in [1.807, 2.05) is 0 Å². The van der Waals surface area contributed by atoms with Gasteiger partial charge in [-0.25, -0.2) is 0 Å². The molecule has 0 spiro atoms. The zero-order valence-corrected chi connectivity index (χ0v) is 12.3. The van der Waals surface area contributed by atoms with E-state index in [2.05, 4.69) is 0 Å². The van der Waals surface area contributed by atoms with Crippen molar-refractivity contribution in [3.63, 3.8) is 0 Å². The van der Waals surface area contributed by atoms with Gasteiger partial charge >= 0.3 is 23.9 Å². The number of aliphatic carboxylic acids is 4. The van der Waals surface area contributed by atoms with E-state index in [4.69, 9.17) is 31.9 Å². The molecule has 142 valence electrons. The molecule has 0 bridgehead atoms. The Balaban J connectivity index is -0.0000000464. The summed E-state index contributed by atoms with van der Waals surface area (Å²) in [6.07, 6.45) is -1.19. The van der Waals surface area contributed by atoms with E-state index in [-0.39, 0.29) is 42.1 Å². The molecule has 0 fully saturated rings. The van der Waals surface area contributed by atoms with E-state index >= 15 is 0 Å². The molecule has 0 rings (SSSR count). The van der Waals surface area contributed by atoms with Crippen LogP contribution in [0.15, 0.2) is 0 Å². The highest BCUT2D eigenvalue weighted by Crippen LogP contribution is 1.86. The SMILES string of the molecule is NCCN.O.O.O.O=C(O)CCC(=O)O.O=C(O)CCC(=O)O. The average molecular weight is 350 g/mol. The molecule has 0 aromatic heterocycles. The van der Waals surface area contributed by atoms with Crippen molar-refractivity contribution in [1.82, 2.24) is 0 Å². The molecule has 0 unspecified atom stereocenters. The third-order valence-electron chi connectivity index (χ3n) is 1.27. The van der Waals surface area contributed by atoms with E-state index in [0.717, 1.165) is 0 Å². The van der Waals surface area contributed by atoms with E-state index in [9.17, 15) is 19.2 Å². The van der Waals surface area contributed by atoms with Crippen molar-refractivity contribution in [1.29, 1.82) is 0 Å². The van der Waals surface area contributed by atoms with Crippen LogP contribution in [0, 0.1) is 0 Å². The molecular weight excluding hydrogens is 324 g/mol. The predicted molar refractivity (Wildman–Crippen MR) is 78.0 cm³/mol. The van der Waals surface area contributed by atoms with E-state index in [1.54, 1.807) is 0 Å². The first-order valence-corrected chi connectivity index (χ1v) is 5.44. The Morgan fingerprint density at radius 3 is 0.696 bits per heavy atom. The van der Waals surface area contributed by atoms with Gasteiger partial charge in [-0.15, -0.1) is 0 Å². The molecule has 0 amide bonds. The summed E-state index contributed by atoms with van der Waals surface area (Å²) in [6.45, 7) is 1.19. The summed E-state index contributed by atoms with van der Waals surface area (Å²) >= 11 is 0. The second-order valence-corrected chi connectivity index (χ2v) is 3.15. The van der Waals surface area contributed by atoms with Gasteiger partial charge in [0.05, 0.1) is 25.7 Å². The van der Waals surface area contributed by atoms with Crippen LogP contribution in [-0.2, 0) is 19.2 Å². The Labute approximate surface area is 131 Å². The van der Waals surface area contributed by atoms with Crippen molar-refractivity contribution in [2.75, 3.05) is 13.1 Å². The van der Waals surface area contributed by atoms with Crippen molar-refractivity contribution < 1.29 is 56.0 Å². The van der Waals surface area contributed by atoms with E-state index in [1.165, 1.54) is 0 Å². The third-order valence-corrected chi connectivity index (χ3v) is 1.27. The topological polar surface area (TPSA) is 296 Å². The summed E-state index contributed by atoms with van der Waals surface area (Å²) in [5.74, 6) is -4.31. The van der Waals surface area contributed by atoms with Crippen LogP contribution in [0.3, 0.4) is 0 Å². The van der Waals surface area contributed by atoms with Gasteiger partial charge in [-0.1, -0.05) is 0 Å². The Kier molecular flexibility index (Phi) is 45.1. The van der Waals surface area contributed by atoms with Gasteiger partial charge in [-0.3, -0.25) is 19.2 Å². The van der Waals surface area contributed by atoms with E-state index in [0.29, 0.717) is 13.1 Å². The number of rotatable bonds is 7. The molecule has 0 aliphatic heterocycles. The fourth-order valence-corrected chi connectivity index (χ4v) is 0.428. The maximum absolute atomic E-state index is 9.64. The van der Waals surface area contributed by atoms with Gasteiger partial charge in [0.2, 0.25) is 0 Å². The number of hydrogen-bond donors (Lipinski definition) is 6. The lowest BCUT2D eigenvalue weighted by atomic mass is 10.3. The molecule has 13 nitrogen and oxygen atoms in total. The van der Waals surface area contributed by atoms with Crippen LogP contribution in [0.2, 0.25) is 0 Å². The minimum Gasteiger partial charge on any atom is -0.481 e. The zero-order valence-electron chi connectivity index (χ0n) is 12.3. The van der Waals surface area contributed by atoms with Crippen molar-refractivity contribution in [3.05, 3.63) is 0 Å². The molecule has 13 heteroatoms. The summed E-state index contributed by atoms with van der Waals surface area (Å²) in [5.41, 5.74) is 9.81. The Morgan fingerprint density at radius 2 is 0.652 bits per heavy atom. The van der Waals surface area contributed by atoms with Crippen LogP contribution in [0.25, 0.3) is 0 Å². The summed E-state index contributed by atoms with van der Waals surface area (Å²) < 4.78 is 0. The maximum Gasteiger partial charge on any atom is 0.303 e. The lowest BCUT2D eigenvalue weighted by molar-refractivity contribution is -0.143. The van der Waals surface area contributed by atoms with Crippen molar-refractivity contribution in [2.45, 2.75) is 25.7 Å². The standard InChI is InChI=1S/2C4H6O4.C2H8N2.3H2O/c2*5-3(6)1-2-4(7)8;3-1-2-4;;;/h2*1-2H2,(H,5,6)(H,7,8);1-4H2;3*1H2. The van der Waals surface area contributed by atoms with Crippen molar-refractivity contribution >= 4 is 23.9 Å². The second kappa shape index (κ2) is 27.9. The van der Waals surface area contributed by atoms with Crippen molar-refractivity contribution in [2.24, 2.45) is 11.5 Å². The van der Waals surface area contributed by atoms with Gasteiger partial charge in [0.15, 0.2) is 0 Å². The maximum atomic E-state index is 9.64. The molecule has 0 aliphatic rings. The zero-order chi connectivity index (χ0) is 16.6. The van der Waals surface area contributed by atoms with Crippen molar-refractivity contribution in [3.8, 4) is 0 Å². The Morgan fingerprint density at radius 1 is 0.522 bits per heavy atom. The van der Waals surface area contributed by atoms with Crippen LogP contribution in [0.4, 0.5) is 0 Å². The molecule has 0 aliphatic carbocycles. The van der Waals surface area contributed by atoms with Gasteiger partial charge in [0.25, 0.3) is 0 Å². The Hall–Kier alpha value is -2.32. The molecule has 0 heterocycles. The lowest BCUT2D eigenvalue weighted by Crippen LogP contribution is -2.11. The van der Waals surface area contributed by atoms with Gasteiger partial charge in [-0.2, -0.15) is 0 Å². The molecule has 0 aromatic rings. The lowest BCUT2D eigenvalue weighted by Gasteiger charge is -1.85. The molecule has 0 radical (unpaired) electrons. The summed E-state index contributed by atoms with van der Waals surface area (Å²) in [4.78, 5) is 38.6. The summed E-state index contributed by atoms with van der Waals surface area (Å²) in [6, 6.07) is 0.